The minimum Gasteiger partial charge on any atom is -0.309 e. The van der Waals surface area contributed by atoms with Crippen LogP contribution in [0.1, 0.15) is 0 Å². The van der Waals surface area contributed by atoms with E-state index < -0.39 is 14.3 Å². The summed E-state index contributed by atoms with van der Waals surface area (Å²) in [5.41, 5.74) is 7.74. The fourth-order valence-corrected chi connectivity index (χ4v) is 14.6. The Kier molecular flexibility index (Phi) is 5.34. The van der Waals surface area contributed by atoms with Crippen LogP contribution < -0.4 is 31.8 Å². The highest BCUT2D eigenvalue weighted by Crippen LogP contribution is 2.54. The van der Waals surface area contributed by atoms with Crippen LogP contribution >= 0.6 is 14.3 Å². The number of benzene rings is 7. The van der Waals surface area contributed by atoms with E-state index in [0.29, 0.717) is 0 Å². The van der Waals surface area contributed by atoms with Crippen molar-refractivity contribution in [2.45, 2.75) is 0 Å². The lowest BCUT2D eigenvalue weighted by molar-refractivity contribution is 0.592. The number of aromatic nitrogens is 2. The maximum Gasteiger partial charge on any atom is 0.172 e. The van der Waals surface area contributed by atoms with Crippen molar-refractivity contribution in [2.75, 3.05) is 0 Å². The summed E-state index contributed by atoms with van der Waals surface area (Å²) in [5, 5.41) is 8.25. The molecule has 0 spiro atoms. The molecule has 0 saturated carbocycles. The zero-order valence-electron chi connectivity index (χ0n) is 26.1. The lowest BCUT2D eigenvalue weighted by atomic mass is 10.1. The number of hydrogen-bond acceptors (Lipinski definition) is 3. The highest BCUT2D eigenvalue weighted by molar-refractivity contribution is 7.87. The van der Waals surface area contributed by atoms with Crippen molar-refractivity contribution in [1.82, 2.24) is 9.38 Å². The first-order chi connectivity index (χ1) is 24.1. The molecule has 2 aliphatic heterocycles. The Hall–Kier alpha value is -5.53. The predicted molar refractivity (Wildman–Crippen MR) is 204 cm³/mol. The highest BCUT2D eigenvalue weighted by atomic mass is 31.2. The Morgan fingerprint density at radius 3 is 1.37 bits per heavy atom. The average Bonchev–Trinajstić information content (AvgIpc) is 3.77. The molecule has 0 unspecified atom stereocenters. The molecule has 2 aromatic heterocycles. The van der Waals surface area contributed by atoms with Gasteiger partial charge in [-0.3, -0.25) is 4.40 Å². The van der Waals surface area contributed by atoms with Crippen LogP contribution in [-0.4, -0.2) is 9.38 Å². The minimum absolute atomic E-state index is 0.786. The number of rotatable bonds is 2. The molecular formula is C43H26N2O2P2. The fraction of sp³-hybridized carbons (Fsp3) is 0. The molecular weight excluding hydrogens is 638 g/mol. The molecule has 7 aromatic carbocycles. The third-order valence-electron chi connectivity index (χ3n) is 10.6. The standard InChI is InChI=1S/C43H26N2O2P2/c46-48(39-17-7-3-12-30(39)31-13-4-8-18-40(31)48)27-21-23-37-35(25-27)29-11-1-2-16-34(29)43-44-36-26-28(22-24-38(36)45(37)43)49(47)41-19-9-5-14-32(41)33-15-6-10-20-42(33)49/h1-26H. The van der Waals surface area contributed by atoms with E-state index in [-0.39, 0.29) is 0 Å². The summed E-state index contributed by atoms with van der Waals surface area (Å²) < 4.78 is 32.8. The van der Waals surface area contributed by atoms with Gasteiger partial charge < -0.3 is 9.13 Å². The van der Waals surface area contributed by atoms with Gasteiger partial charge in [0, 0.05) is 42.6 Å². The summed E-state index contributed by atoms with van der Waals surface area (Å²) in [6.45, 7) is 0. The summed E-state index contributed by atoms with van der Waals surface area (Å²) in [6.07, 6.45) is 0. The molecule has 0 atom stereocenters. The Labute approximate surface area is 282 Å². The van der Waals surface area contributed by atoms with Crippen LogP contribution in [0.25, 0.3) is 60.6 Å². The van der Waals surface area contributed by atoms with Crippen LogP contribution in [0.3, 0.4) is 0 Å². The first-order valence-corrected chi connectivity index (χ1v) is 19.9. The topological polar surface area (TPSA) is 51.4 Å². The van der Waals surface area contributed by atoms with Crippen LogP contribution in [0.15, 0.2) is 158 Å². The van der Waals surface area contributed by atoms with Gasteiger partial charge in [0.1, 0.15) is 5.65 Å². The number of hydrogen-bond donors (Lipinski definition) is 0. The van der Waals surface area contributed by atoms with Crippen molar-refractivity contribution in [3.05, 3.63) is 158 Å². The molecule has 2 aliphatic rings. The lowest BCUT2D eigenvalue weighted by Gasteiger charge is -2.18. The van der Waals surface area contributed by atoms with Gasteiger partial charge in [-0.05, 0) is 64.0 Å². The van der Waals surface area contributed by atoms with Crippen LogP contribution in [-0.2, 0) is 9.13 Å². The maximum atomic E-state index is 15.4. The zero-order chi connectivity index (χ0) is 32.5. The Bertz CT molecular complexity index is 2930. The normalized spacial score (nSPS) is 15.0. The molecule has 6 heteroatoms. The summed E-state index contributed by atoms with van der Waals surface area (Å²) >= 11 is 0. The molecule has 0 radical (unpaired) electrons. The summed E-state index contributed by atoms with van der Waals surface area (Å²) in [6, 6.07) is 53.1. The van der Waals surface area contributed by atoms with Gasteiger partial charge in [0.25, 0.3) is 0 Å². The van der Waals surface area contributed by atoms with Gasteiger partial charge in [-0.25, -0.2) is 4.98 Å². The Morgan fingerprint density at radius 2 is 0.837 bits per heavy atom. The van der Waals surface area contributed by atoms with Crippen molar-refractivity contribution in [3.63, 3.8) is 0 Å². The van der Waals surface area contributed by atoms with Crippen molar-refractivity contribution >= 4 is 84.5 Å². The van der Waals surface area contributed by atoms with Crippen LogP contribution in [0, 0.1) is 0 Å². The molecule has 230 valence electrons. The highest BCUT2D eigenvalue weighted by Gasteiger charge is 2.41. The predicted octanol–water partition coefficient (Wildman–Crippen LogP) is 8.03. The Balaban J connectivity index is 1.18. The van der Waals surface area contributed by atoms with Gasteiger partial charge in [0.2, 0.25) is 0 Å². The van der Waals surface area contributed by atoms with Crippen molar-refractivity contribution in [1.29, 1.82) is 0 Å². The number of nitrogens with zero attached hydrogens (tertiary/aromatic N) is 2. The average molecular weight is 665 g/mol. The number of pyridine rings is 1. The second-order valence-electron chi connectivity index (χ2n) is 13.0. The van der Waals surface area contributed by atoms with E-state index in [2.05, 4.69) is 65.1 Å². The SMILES string of the molecule is O=P1(c2ccc3c(c2)nc2c4ccccc4c4cc(P5(=O)c6ccccc6-c6ccccc65)ccc4n32)c2ccccc2-c2ccccc21. The summed E-state index contributed by atoms with van der Waals surface area (Å²) in [4.78, 5) is 5.23. The first kappa shape index (κ1) is 27.4. The molecule has 0 aliphatic carbocycles. The van der Waals surface area contributed by atoms with E-state index in [9.17, 15) is 0 Å². The first-order valence-electron chi connectivity index (χ1n) is 16.4. The van der Waals surface area contributed by atoms with E-state index >= 15 is 9.13 Å². The maximum absolute atomic E-state index is 15.4. The summed E-state index contributed by atoms with van der Waals surface area (Å²) in [7, 11) is -6.22. The third kappa shape index (κ3) is 3.38. The molecule has 0 fully saturated rings. The monoisotopic (exact) mass is 664 g/mol. The van der Waals surface area contributed by atoms with Gasteiger partial charge in [0.05, 0.1) is 16.6 Å². The largest absolute Gasteiger partial charge is 0.309 e. The number of fused-ring (bicyclic) bond motifs is 14. The second kappa shape index (κ2) is 9.55. The zero-order valence-corrected chi connectivity index (χ0v) is 27.9. The molecule has 0 N–H and O–H groups in total. The molecule has 9 aromatic rings. The van der Waals surface area contributed by atoms with E-state index in [1.54, 1.807) is 0 Å². The molecule has 0 saturated heterocycles. The van der Waals surface area contributed by atoms with Crippen molar-refractivity contribution < 1.29 is 9.13 Å². The van der Waals surface area contributed by atoms with E-state index in [1.165, 1.54) is 0 Å². The molecule has 0 amide bonds. The molecule has 11 rings (SSSR count). The fourth-order valence-electron chi connectivity index (χ4n) is 8.45. The molecule has 0 bridgehead atoms. The van der Waals surface area contributed by atoms with Gasteiger partial charge in [-0.2, -0.15) is 0 Å². The van der Waals surface area contributed by atoms with Crippen LogP contribution in [0.5, 0.6) is 0 Å². The second-order valence-corrected chi connectivity index (χ2v) is 18.4. The van der Waals surface area contributed by atoms with Gasteiger partial charge in [-0.15, -0.1) is 0 Å². The quantitative estimate of drug-likeness (QED) is 0.139. The lowest BCUT2D eigenvalue weighted by Crippen LogP contribution is -2.21. The summed E-state index contributed by atoms with van der Waals surface area (Å²) in [5.74, 6) is 0. The number of imidazole rings is 1. The smallest absolute Gasteiger partial charge is 0.172 e. The van der Waals surface area contributed by atoms with Crippen LogP contribution in [0.4, 0.5) is 0 Å². The Morgan fingerprint density at radius 1 is 0.408 bits per heavy atom. The van der Waals surface area contributed by atoms with Crippen LogP contribution in [0.2, 0.25) is 0 Å². The van der Waals surface area contributed by atoms with Gasteiger partial charge >= 0.3 is 0 Å². The van der Waals surface area contributed by atoms with Crippen molar-refractivity contribution in [2.24, 2.45) is 0 Å². The molecule has 4 nitrogen and oxygen atoms in total. The van der Waals surface area contributed by atoms with E-state index in [4.69, 9.17) is 4.98 Å². The van der Waals surface area contributed by atoms with E-state index in [1.807, 2.05) is 97.1 Å². The minimum atomic E-state index is -3.11. The van der Waals surface area contributed by atoms with Crippen molar-refractivity contribution in [3.8, 4) is 22.3 Å². The van der Waals surface area contributed by atoms with Gasteiger partial charge in [0.15, 0.2) is 14.3 Å². The molecule has 49 heavy (non-hydrogen) atoms. The van der Waals surface area contributed by atoms with E-state index in [0.717, 1.165) is 92.4 Å². The third-order valence-corrected chi connectivity index (χ3v) is 16.9. The van der Waals surface area contributed by atoms with Gasteiger partial charge in [-0.1, -0.05) is 121 Å². The molecule has 4 heterocycles.